The van der Waals surface area contributed by atoms with Crippen LogP contribution in [0.25, 0.3) is 0 Å². The van der Waals surface area contributed by atoms with E-state index >= 15 is 0 Å². The van der Waals surface area contributed by atoms with Crippen LogP contribution in [0.5, 0.6) is 0 Å². The number of aryl methyl sites for hydroxylation is 1. The van der Waals surface area contributed by atoms with Gasteiger partial charge in [0.15, 0.2) is 0 Å². The second-order valence-electron chi connectivity index (χ2n) is 6.89. The van der Waals surface area contributed by atoms with Crippen LogP contribution in [-0.4, -0.2) is 41.1 Å². The third kappa shape index (κ3) is 3.60. The smallest absolute Gasteiger partial charge is 0.253 e. The molecule has 2 saturated heterocycles. The van der Waals surface area contributed by atoms with Crippen molar-refractivity contribution in [3.05, 3.63) is 48.2 Å². The highest BCUT2D eigenvalue weighted by molar-refractivity contribution is 5.94. The molecule has 3 atom stereocenters. The predicted octanol–water partition coefficient (Wildman–Crippen LogP) is 2.60. The van der Waals surface area contributed by atoms with Crippen LogP contribution in [0.1, 0.15) is 24.3 Å². The molecule has 2 aliphatic heterocycles. The van der Waals surface area contributed by atoms with Gasteiger partial charge in [0.1, 0.15) is 11.9 Å². The zero-order valence-electron chi connectivity index (χ0n) is 14.4. The standard InChI is InChI=1S/C19H23N3O3/c1-13-16(5-2-7-20-13)21-19(23)17-10-14-6-8-22(12-18(14)25-17)11-15-4-3-9-24-15/h2-5,7,9,14,17-18H,6,8,10-12H2,1H3,(H,21,23)/t14-,17+,18-/m0/s1. The summed E-state index contributed by atoms with van der Waals surface area (Å²) >= 11 is 0. The average Bonchev–Trinajstić information content (AvgIpc) is 3.26. The monoisotopic (exact) mass is 341 g/mol. The van der Waals surface area contributed by atoms with Gasteiger partial charge in [0.2, 0.25) is 0 Å². The molecule has 4 rings (SSSR count). The lowest BCUT2D eigenvalue weighted by molar-refractivity contribution is -0.127. The number of likely N-dealkylation sites (tertiary alicyclic amines) is 1. The van der Waals surface area contributed by atoms with Crippen molar-refractivity contribution in [2.45, 2.75) is 38.5 Å². The molecule has 25 heavy (non-hydrogen) atoms. The van der Waals surface area contributed by atoms with Gasteiger partial charge in [-0.15, -0.1) is 0 Å². The highest BCUT2D eigenvalue weighted by Gasteiger charge is 2.41. The van der Waals surface area contributed by atoms with Gasteiger partial charge in [0.05, 0.1) is 30.3 Å². The zero-order valence-corrected chi connectivity index (χ0v) is 14.4. The summed E-state index contributed by atoms with van der Waals surface area (Å²) in [6.45, 7) is 4.55. The number of aromatic nitrogens is 1. The Labute approximate surface area is 147 Å². The third-order valence-electron chi connectivity index (χ3n) is 5.15. The Kier molecular flexibility index (Phi) is 4.55. The number of nitrogens with zero attached hydrogens (tertiary/aromatic N) is 2. The number of ether oxygens (including phenoxy) is 1. The molecule has 0 bridgehead atoms. The van der Waals surface area contributed by atoms with Gasteiger partial charge in [-0.05, 0) is 56.5 Å². The minimum Gasteiger partial charge on any atom is -0.468 e. The number of hydrogen-bond donors (Lipinski definition) is 1. The quantitative estimate of drug-likeness (QED) is 0.926. The maximum atomic E-state index is 12.6. The van der Waals surface area contributed by atoms with Crippen LogP contribution in [0.2, 0.25) is 0 Å². The van der Waals surface area contributed by atoms with Crippen molar-refractivity contribution in [3.8, 4) is 0 Å². The van der Waals surface area contributed by atoms with Gasteiger partial charge in [-0.3, -0.25) is 14.7 Å². The van der Waals surface area contributed by atoms with Crippen LogP contribution >= 0.6 is 0 Å². The summed E-state index contributed by atoms with van der Waals surface area (Å²) in [5.74, 6) is 1.36. The van der Waals surface area contributed by atoms with E-state index in [1.54, 1.807) is 12.5 Å². The summed E-state index contributed by atoms with van der Waals surface area (Å²) in [7, 11) is 0. The van der Waals surface area contributed by atoms with Crippen molar-refractivity contribution in [1.82, 2.24) is 9.88 Å². The number of carbonyl (C=O) groups excluding carboxylic acids is 1. The molecule has 1 N–H and O–H groups in total. The highest BCUT2D eigenvalue weighted by Crippen LogP contribution is 2.34. The molecule has 0 spiro atoms. The first-order chi connectivity index (χ1) is 12.2. The summed E-state index contributed by atoms with van der Waals surface area (Å²) < 4.78 is 11.5. The Morgan fingerprint density at radius 1 is 1.40 bits per heavy atom. The lowest BCUT2D eigenvalue weighted by Gasteiger charge is -2.33. The minimum absolute atomic E-state index is 0.0666. The Hall–Kier alpha value is -2.18. The van der Waals surface area contributed by atoms with Crippen LogP contribution in [0.4, 0.5) is 5.69 Å². The first kappa shape index (κ1) is 16.3. The summed E-state index contributed by atoms with van der Waals surface area (Å²) in [5, 5.41) is 2.95. The van der Waals surface area contributed by atoms with E-state index in [9.17, 15) is 4.79 Å². The van der Waals surface area contributed by atoms with Crippen LogP contribution < -0.4 is 5.32 Å². The predicted molar refractivity (Wildman–Crippen MR) is 93.0 cm³/mol. The molecular weight excluding hydrogens is 318 g/mol. The van der Waals surface area contributed by atoms with Gasteiger partial charge < -0.3 is 14.5 Å². The molecule has 1 amide bonds. The van der Waals surface area contributed by atoms with E-state index in [0.717, 1.165) is 49.6 Å². The van der Waals surface area contributed by atoms with Crippen molar-refractivity contribution in [3.63, 3.8) is 0 Å². The van der Waals surface area contributed by atoms with Crippen molar-refractivity contribution in [1.29, 1.82) is 0 Å². The molecule has 2 aliphatic rings. The Bertz CT molecular complexity index is 731. The molecule has 0 aliphatic carbocycles. The van der Waals surface area contributed by atoms with Gasteiger partial charge in [0.25, 0.3) is 5.91 Å². The van der Waals surface area contributed by atoms with Crippen LogP contribution in [0, 0.1) is 12.8 Å². The highest BCUT2D eigenvalue weighted by atomic mass is 16.5. The number of piperidine rings is 1. The largest absolute Gasteiger partial charge is 0.468 e. The first-order valence-corrected chi connectivity index (χ1v) is 8.82. The Balaban J connectivity index is 1.34. The van der Waals surface area contributed by atoms with Gasteiger partial charge in [-0.2, -0.15) is 0 Å². The first-order valence-electron chi connectivity index (χ1n) is 8.82. The molecule has 132 valence electrons. The molecule has 2 aromatic rings. The van der Waals surface area contributed by atoms with Crippen molar-refractivity contribution in [2.75, 3.05) is 18.4 Å². The van der Waals surface area contributed by atoms with Crippen LogP contribution in [-0.2, 0) is 16.1 Å². The number of hydrogen-bond acceptors (Lipinski definition) is 5. The number of rotatable bonds is 4. The second-order valence-corrected chi connectivity index (χ2v) is 6.89. The van der Waals surface area contributed by atoms with Gasteiger partial charge in [0, 0.05) is 12.7 Å². The van der Waals surface area contributed by atoms with E-state index in [4.69, 9.17) is 9.15 Å². The lowest BCUT2D eigenvalue weighted by atomic mass is 9.91. The van der Waals surface area contributed by atoms with Gasteiger partial charge >= 0.3 is 0 Å². The second kappa shape index (κ2) is 6.98. The van der Waals surface area contributed by atoms with Gasteiger partial charge in [-0.25, -0.2) is 0 Å². The van der Waals surface area contributed by atoms with Gasteiger partial charge in [-0.1, -0.05) is 0 Å². The lowest BCUT2D eigenvalue weighted by Crippen LogP contribution is -2.41. The number of carbonyl (C=O) groups is 1. The fourth-order valence-corrected chi connectivity index (χ4v) is 3.76. The van der Waals surface area contributed by atoms with Crippen LogP contribution in [0.15, 0.2) is 41.1 Å². The number of anilines is 1. The molecule has 6 nitrogen and oxygen atoms in total. The SMILES string of the molecule is Cc1ncccc1NC(=O)[C@H]1C[C@@H]2CCN(Cc3ccco3)C[C@@H]2O1. The summed E-state index contributed by atoms with van der Waals surface area (Å²) in [5.41, 5.74) is 1.57. The average molecular weight is 341 g/mol. The third-order valence-corrected chi connectivity index (χ3v) is 5.15. The van der Waals surface area contributed by atoms with Crippen molar-refractivity contribution >= 4 is 11.6 Å². The molecule has 0 aromatic carbocycles. The summed E-state index contributed by atoms with van der Waals surface area (Å²) in [4.78, 5) is 19.1. The Morgan fingerprint density at radius 3 is 3.12 bits per heavy atom. The molecule has 2 fully saturated rings. The van der Waals surface area contributed by atoms with E-state index in [1.165, 1.54) is 0 Å². The fraction of sp³-hybridized carbons (Fsp3) is 0.474. The number of pyridine rings is 1. The number of nitrogens with one attached hydrogen (secondary N) is 1. The molecule has 0 radical (unpaired) electrons. The van der Waals surface area contributed by atoms with Crippen LogP contribution in [0.3, 0.4) is 0 Å². The minimum atomic E-state index is -0.377. The maximum absolute atomic E-state index is 12.6. The summed E-state index contributed by atoms with van der Waals surface area (Å²) in [6.07, 6.45) is 5.02. The molecule has 4 heterocycles. The number of furan rings is 1. The molecule has 6 heteroatoms. The van der Waals surface area contributed by atoms with E-state index in [2.05, 4.69) is 15.2 Å². The molecule has 0 unspecified atom stereocenters. The Morgan fingerprint density at radius 2 is 2.32 bits per heavy atom. The maximum Gasteiger partial charge on any atom is 0.253 e. The van der Waals surface area contributed by atoms with Crippen molar-refractivity contribution in [2.24, 2.45) is 5.92 Å². The number of amides is 1. The van der Waals surface area contributed by atoms with Crippen molar-refractivity contribution < 1.29 is 13.9 Å². The zero-order chi connectivity index (χ0) is 17.2. The van der Waals surface area contributed by atoms with E-state index in [1.807, 2.05) is 31.2 Å². The van der Waals surface area contributed by atoms with E-state index in [0.29, 0.717) is 5.92 Å². The fourth-order valence-electron chi connectivity index (χ4n) is 3.76. The summed E-state index contributed by atoms with van der Waals surface area (Å²) in [6, 6.07) is 7.60. The normalized spacial score (nSPS) is 26.4. The van der Waals surface area contributed by atoms with E-state index in [-0.39, 0.29) is 18.1 Å². The van der Waals surface area contributed by atoms with E-state index < -0.39 is 0 Å². The number of fused-ring (bicyclic) bond motifs is 1. The molecule has 0 saturated carbocycles. The molecule has 2 aromatic heterocycles. The molecular formula is C19H23N3O3. The topological polar surface area (TPSA) is 67.6 Å².